The Morgan fingerprint density at radius 3 is 0.730 bits per heavy atom. The number of carbonyl (C=O) groups is 4. The molecule has 8 aromatic heterocycles. The quantitative estimate of drug-likeness (QED) is 0.0325. The first kappa shape index (κ1) is 106. The third-order valence-electron chi connectivity index (χ3n) is 30.4. The zero-order chi connectivity index (χ0) is 105. The van der Waals surface area contributed by atoms with Crippen molar-refractivity contribution in [3.63, 3.8) is 0 Å². The van der Waals surface area contributed by atoms with E-state index in [4.69, 9.17) is 75.5 Å². The molecule has 0 atom stereocenters. The molecule has 16 aromatic rings. The predicted octanol–water partition coefficient (Wildman–Crippen LogP) is 30.0. The number of nitrogens with zero attached hydrogens (tertiary/aromatic N) is 4. The maximum absolute atomic E-state index is 12.5. The molecule has 0 unspecified atom stereocenters. The third-order valence-corrected chi connectivity index (χ3v) is 30.4. The van der Waals surface area contributed by atoms with Crippen LogP contribution in [0.1, 0.15) is 244 Å². The molecular formula is C122H134F2N4O20. The second-order valence-electron chi connectivity index (χ2n) is 42.3. The van der Waals surface area contributed by atoms with Gasteiger partial charge in [-0.2, -0.15) is 0 Å². The number of carboxylic acid groups (broad SMARTS) is 4. The lowest BCUT2D eigenvalue weighted by Crippen LogP contribution is -2.37. The van der Waals surface area contributed by atoms with E-state index < -0.39 is 37.2 Å². The largest absolute Gasteiger partial charge is 0.493 e. The number of aromatic carboxylic acids is 4. The van der Waals surface area contributed by atoms with Gasteiger partial charge < -0.3 is 76.0 Å². The molecule has 4 aliphatic rings. The number of pyridine rings is 4. The number of alkyl halides is 2. The molecule has 776 valence electrons. The molecule has 24 nitrogen and oxygen atoms in total. The summed E-state index contributed by atoms with van der Waals surface area (Å²) in [4.78, 5) is 69.3. The summed E-state index contributed by atoms with van der Waals surface area (Å²) in [6.45, 7) is 33.7. The van der Waals surface area contributed by atoms with E-state index >= 15 is 0 Å². The van der Waals surface area contributed by atoms with Gasteiger partial charge in [0, 0.05) is 43.8 Å². The van der Waals surface area contributed by atoms with Gasteiger partial charge in [-0.05, 0) is 332 Å². The Morgan fingerprint density at radius 2 is 0.534 bits per heavy atom. The number of furan rings is 4. The first-order valence-corrected chi connectivity index (χ1v) is 51.8. The van der Waals surface area contributed by atoms with Gasteiger partial charge in [0.2, 0.25) is 0 Å². The average molecular weight is 2010 g/mol. The number of hydrogen-bond acceptors (Lipinski definition) is 20. The van der Waals surface area contributed by atoms with Crippen molar-refractivity contribution in [2.45, 2.75) is 248 Å². The Hall–Kier alpha value is -13.7. The fourth-order valence-electron chi connectivity index (χ4n) is 21.9. The Labute approximate surface area is 860 Å². The maximum atomic E-state index is 12.5. The zero-order valence-electron chi connectivity index (χ0n) is 87.5. The van der Waals surface area contributed by atoms with Gasteiger partial charge in [-0.25, -0.2) is 47.9 Å². The van der Waals surface area contributed by atoms with Crippen molar-refractivity contribution in [2.75, 3.05) is 53.0 Å². The highest BCUT2D eigenvalue weighted by molar-refractivity contribution is 6.11. The van der Waals surface area contributed by atoms with Crippen molar-refractivity contribution in [2.24, 2.45) is 23.7 Å². The van der Waals surface area contributed by atoms with Crippen LogP contribution in [0.3, 0.4) is 0 Å². The van der Waals surface area contributed by atoms with Gasteiger partial charge in [0.05, 0.1) is 140 Å². The fourth-order valence-corrected chi connectivity index (χ4v) is 21.9. The maximum Gasteiger partial charge on any atom is 0.336 e. The van der Waals surface area contributed by atoms with E-state index in [0.717, 1.165) is 191 Å². The number of ether oxygens (including phenoxy) is 8. The van der Waals surface area contributed by atoms with E-state index in [0.29, 0.717) is 163 Å². The molecule has 0 bridgehead atoms. The van der Waals surface area contributed by atoms with Gasteiger partial charge in [0.15, 0.2) is 23.0 Å². The minimum Gasteiger partial charge on any atom is -0.493 e. The summed E-state index contributed by atoms with van der Waals surface area (Å²) in [6, 6.07) is 52.5. The SMILES string of the molecule is Cc1c(-c2cc(C(=O)O)c3c(OCC4CCC(C)(OC(C)C)CC4)ccc(C)c3n2)oc2ccccc12.Cc1c(-c2cc(C(=O)O)c3c(OCC4CCC(C)(OC(C)C)CC4)ccc(C)c3n2)oc2ccccc12.Cc1c(-c2cc(C(=O)O)c3c(OCC4CCC(C)(OCCF)CC4)ccc(C)c3n2)oc2ccccc12.Cc1c(-c2cc(C(=O)O)c3c(OCC4CCC(C)(OCCF)CC4)ccc(C)c3n2)oc2ccccc12. The van der Waals surface area contributed by atoms with Crippen LogP contribution in [0.2, 0.25) is 0 Å². The molecule has 8 heterocycles. The monoisotopic (exact) mass is 2010 g/mol. The minimum atomic E-state index is -1.05. The van der Waals surface area contributed by atoms with Crippen LogP contribution in [0.5, 0.6) is 23.0 Å². The average Bonchev–Trinajstić information content (AvgIpc) is 1.56. The van der Waals surface area contributed by atoms with Crippen molar-refractivity contribution in [3.8, 4) is 68.8 Å². The van der Waals surface area contributed by atoms with Crippen molar-refractivity contribution < 1.29 is 104 Å². The summed E-state index contributed by atoms with van der Waals surface area (Å²) >= 11 is 0. The highest BCUT2D eigenvalue weighted by Crippen LogP contribution is 2.48. The van der Waals surface area contributed by atoms with E-state index in [-0.39, 0.29) is 70.1 Å². The molecule has 4 aliphatic carbocycles. The molecule has 0 saturated heterocycles. The number of para-hydroxylation sites is 4. The number of hydrogen-bond donors (Lipinski definition) is 4. The van der Waals surface area contributed by atoms with Gasteiger partial charge in [-0.1, -0.05) is 97.1 Å². The molecule has 26 heteroatoms. The van der Waals surface area contributed by atoms with Gasteiger partial charge >= 0.3 is 23.9 Å². The lowest BCUT2D eigenvalue weighted by Gasteiger charge is -2.38. The molecule has 20 rings (SSSR count). The summed E-state index contributed by atoms with van der Waals surface area (Å²) in [6.07, 6.45) is 15.5. The Bertz CT molecular complexity index is 7160. The molecule has 0 aliphatic heterocycles. The highest BCUT2D eigenvalue weighted by atomic mass is 19.1. The third kappa shape index (κ3) is 23.1. The van der Waals surface area contributed by atoms with E-state index in [2.05, 4.69) is 41.5 Å². The number of aromatic nitrogens is 4. The van der Waals surface area contributed by atoms with Crippen LogP contribution in [0.25, 0.3) is 133 Å². The first-order chi connectivity index (χ1) is 70.9. The summed E-state index contributed by atoms with van der Waals surface area (Å²) in [5, 5.41) is 46.7. The number of rotatable bonds is 30. The van der Waals surface area contributed by atoms with E-state index in [9.17, 15) is 48.4 Å². The van der Waals surface area contributed by atoms with E-state index in [1.807, 2.05) is 215 Å². The van der Waals surface area contributed by atoms with Gasteiger partial charge in [0.1, 0.15) is 81.5 Å². The summed E-state index contributed by atoms with van der Waals surface area (Å²) in [7, 11) is 0. The summed E-state index contributed by atoms with van der Waals surface area (Å²) in [5.74, 6) is 1.77. The van der Waals surface area contributed by atoms with Crippen LogP contribution in [0.4, 0.5) is 8.78 Å². The van der Waals surface area contributed by atoms with Crippen LogP contribution in [-0.2, 0) is 18.9 Å². The zero-order valence-corrected chi connectivity index (χ0v) is 87.5. The van der Waals surface area contributed by atoms with Crippen LogP contribution in [0.15, 0.2) is 188 Å². The first-order valence-electron chi connectivity index (χ1n) is 51.8. The molecule has 148 heavy (non-hydrogen) atoms. The second kappa shape index (κ2) is 44.8. The highest BCUT2D eigenvalue weighted by Gasteiger charge is 2.39. The minimum absolute atomic E-state index is 0.0766. The number of fused-ring (bicyclic) bond motifs is 8. The molecule has 8 aromatic carbocycles. The van der Waals surface area contributed by atoms with Crippen LogP contribution < -0.4 is 18.9 Å². The van der Waals surface area contributed by atoms with Crippen molar-refractivity contribution >= 4 is 111 Å². The fraction of sp³-hybridized carbons (Fsp3) is 0.410. The molecule has 4 saturated carbocycles. The Kier molecular flexibility index (Phi) is 32.0. The second-order valence-corrected chi connectivity index (χ2v) is 42.3. The molecule has 0 amide bonds. The topological polar surface area (TPSA) is 327 Å². The van der Waals surface area contributed by atoms with Crippen LogP contribution in [-0.4, -0.2) is 152 Å². The Balaban J connectivity index is 0.000000135. The normalized spacial score (nSPS) is 20.0. The van der Waals surface area contributed by atoms with Crippen molar-refractivity contribution in [3.05, 3.63) is 237 Å². The molecule has 0 radical (unpaired) electrons. The molecule has 4 fully saturated rings. The van der Waals surface area contributed by atoms with Crippen molar-refractivity contribution in [1.82, 2.24) is 19.9 Å². The van der Waals surface area contributed by atoms with E-state index in [1.54, 1.807) is 24.3 Å². The van der Waals surface area contributed by atoms with Crippen LogP contribution >= 0.6 is 0 Å². The molecule has 0 spiro atoms. The smallest absolute Gasteiger partial charge is 0.336 e. The number of carboxylic acids is 4. The molecular weight excluding hydrogens is 1880 g/mol. The lowest BCUT2D eigenvalue weighted by atomic mass is 9.80. The standard InChI is InChI=1S/2C31H35NO5.2C30H32FNO5/c2*1-18(2)37-31(5)14-12-21(13-15-31)17-35-26-11-10-19(3)28-27(26)23(30(33)34)16-24(32-28)29-20(4)22-8-6-7-9-25(22)36-29;2*1-18-8-9-25(35-17-20-10-12-30(3,13-11-20)36-15-14-31)26-22(29(33)34)16-23(32-27(18)26)28-19(2)21-6-4-5-7-24(21)37-28/h2*6-11,16,18,21H,12-15,17H2,1-5H3,(H,33,34);2*4-9,16,20H,10-15,17H2,1-3H3,(H,33,34). The number of halogens is 2. The van der Waals surface area contributed by atoms with Crippen LogP contribution in [0, 0.1) is 79.1 Å². The number of aryl methyl sites for hydroxylation is 8. The summed E-state index contributed by atoms with van der Waals surface area (Å²) < 4.78 is 98.3. The summed E-state index contributed by atoms with van der Waals surface area (Å²) in [5.41, 5.74) is 14.5. The van der Waals surface area contributed by atoms with Gasteiger partial charge in [-0.3, -0.25) is 0 Å². The number of benzene rings is 8. The van der Waals surface area contributed by atoms with Gasteiger partial charge in [-0.15, -0.1) is 0 Å². The van der Waals surface area contributed by atoms with Crippen molar-refractivity contribution in [1.29, 1.82) is 0 Å². The predicted molar refractivity (Wildman–Crippen MR) is 573 cm³/mol. The molecule has 4 N–H and O–H groups in total. The van der Waals surface area contributed by atoms with Gasteiger partial charge in [0.25, 0.3) is 0 Å². The Morgan fingerprint density at radius 1 is 0.324 bits per heavy atom. The lowest BCUT2D eigenvalue weighted by molar-refractivity contribution is -0.0973. The van der Waals surface area contributed by atoms with E-state index in [1.165, 1.54) is 0 Å².